The Hall–Kier alpha value is -0.870. The van der Waals surface area contributed by atoms with Gasteiger partial charge in [-0.05, 0) is 103 Å². The van der Waals surface area contributed by atoms with Crippen molar-refractivity contribution in [2.75, 3.05) is 0 Å². The largest absolute Gasteiger partial charge is 0.481 e. The molecule has 0 amide bonds. The highest BCUT2D eigenvalue weighted by Gasteiger charge is 2.67. The number of hydrogen-bond donors (Lipinski definition) is 3. The molecule has 0 aromatic carbocycles. The van der Waals surface area contributed by atoms with E-state index in [9.17, 15) is 20.1 Å². The Bertz CT molecular complexity index is 862. The van der Waals surface area contributed by atoms with Crippen molar-refractivity contribution in [3.8, 4) is 0 Å². The summed E-state index contributed by atoms with van der Waals surface area (Å²) in [6.07, 6.45) is 8.68. The Labute approximate surface area is 200 Å². The minimum atomic E-state index is -0.667. The van der Waals surface area contributed by atoms with Crippen LogP contribution in [0.3, 0.4) is 0 Å². The first-order valence-corrected chi connectivity index (χ1v) is 13.6. The molecular weight excluding hydrogens is 412 g/mol. The number of rotatable bonds is 1. The van der Waals surface area contributed by atoms with Crippen LogP contribution in [0, 0.1) is 57.2 Å². The number of aliphatic hydroxyl groups excluding tert-OH is 2. The fourth-order valence-corrected chi connectivity index (χ4v) is 10.7. The van der Waals surface area contributed by atoms with Gasteiger partial charge >= 0.3 is 5.97 Å². The summed E-state index contributed by atoms with van der Waals surface area (Å²) in [5, 5.41) is 32.2. The molecule has 0 bridgehead atoms. The molecular formula is C29H46O4. The van der Waals surface area contributed by atoms with Crippen molar-refractivity contribution in [2.45, 2.75) is 105 Å². The molecule has 5 aliphatic rings. The zero-order valence-electron chi connectivity index (χ0n) is 21.6. The summed E-state index contributed by atoms with van der Waals surface area (Å²) in [6.45, 7) is 13.8. The smallest absolute Gasteiger partial charge is 0.310 e. The summed E-state index contributed by atoms with van der Waals surface area (Å²) in [5.74, 6) is 1.87. The molecule has 33 heavy (non-hydrogen) atoms. The minimum absolute atomic E-state index is 0.00994. The Balaban J connectivity index is 1.57. The van der Waals surface area contributed by atoms with Gasteiger partial charge in [-0.3, -0.25) is 4.79 Å². The SMILES string of the molecule is C[C@@H]1CC[C@]2(C(=O)O)CCC3C(=CCC4C3(C)CCC3C4(C)C[C@@H](O)[C@H](O)C3(C)C)C2[C@H]1C. The molecule has 4 nitrogen and oxygen atoms in total. The average molecular weight is 459 g/mol. The van der Waals surface area contributed by atoms with E-state index in [-0.39, 0.29) is 22.2 Å². The second-order valence-corrected chi connectivity index (χ2v) is 14.0. The van der Waals surface area contributed by atoms with Gasteiger partial charge in [0.25, 0.3) is 0 Å². The molecule has 0 saturated heterocycles. The topological polar surface area (TPSA) is 77.8 Å². The molecule has 0 aliphatic heterocycles. The zero-order chi connectivity index (χ0) is 24.1. The van der Waals surface area contributed by atoms with Gasteiger partial charge in [0, 0.05) is 0 Å². The summed E-state index contributed by atoms with van der Waals surface area (Å²) in [5.41, 5.74) is 0.726. The van der Waals surface area contributed by atoms with Gasteiger partial charge in [0.1, 0.15) is 0 Å². The molecule has 5 aliphatic carbocycles. The van der Waals surface area contributed by atoms with Crippen LogP contribution in [-0.2, 0) is 4.79 Å². The normalized spacial score (nSPS) is 55.3. The van der Waals surface area contributed by atoms with Crippen LogP contribution >= 0.6 is 0 Å². The lowest BCUT2D eigenvalue weighted by molar-refractivity contribution is -0.221. The minimum Gasteiger partial charge on any atom is -0.481 e. The molecule has 0 aromatic rings. The van der Waals surface area contributed by atoms with Crippen LogP contribution in [0.1, 0.15) is 92.9 Å². The van der Waals surface area contributed by atoms with Crippen molar-refractivity contribution in [2.24, 2.45) is 57.2 Å². The molecule has 186 valence electrons. The van der Waals surface area contributed by atoms with Crippen molar-refractivity contribution in [1.29, 1.82) is 0 Å². The predicted octanol–water partition coefficient (Wildman–Crippen LogP) is 5.67. The second kappa shape index (κ2) is 7.32. The molecule has 11 atom stereocenters. The number of fused-ring (bicyclic) bond motifs is 7. The molecule has 6 unspecified atom stereocenters. The van der Waals surface area contributed by atoms with Gasteiger partial charge in [0.05, 0.1) is 17.6 Å². The highest BCUT2D eigenvalue weighted by molar-refractivity contribution is 5.76. The molecule has 3 N–H and O–H groups in total. The maximum atomic E-state index is 12.7. The average Bonchev–Trinajstić information content (AvgIpc) is 2.73. The number of carboxylic acid groups (broad SMARTS) is 1. The third-order valence-corrected chi connectivity index (χ3v) is 12.5. The van der Waals surface area contributed by atoms with Gasteiger partial charge in [-0.25, -0.2) is 0 Å². The predicted molar refractivity (Wildman–Crippen MR) is 129 cm³/mol. The molecule has 5 rings (SSSR count). The molecule has 0 aromatic heterocycles. The van der Waals surface area contributed by atoms with Gasteiger partial charge < -0.3 is 15.3 Å². The van der Waals surface area contributed by atoms with Crippen LogP contribution < -0.4 is 0 Å². The van der Waals surface area contributed by atoms with E-state index in [1.807, 2.05) is 0 Å². The van der Waals surface area contributed by atoms with Crippen molar-refractivity contribution in [3.63, 3.8) is 0 Å². The summed E-state index contributed by atoms with van der Waals surface area (Å²) in [7, 11) is 0. The van der Waals surface area contributed by atoms with Crippen LogP contribution in [0.25, 0.3) is 0 Å². The molecule has 4 saturated carbocycles. The van der Waals surface area contributed by atoms with Gasteiger partial charge in [-0.1, -0.05) is 53.2 Å². The second-order valence-electron chi connectivity index (χ2n) is 14.0. The van der Waals surface area contributed by atoms with E-state index in [2.05, 4.69) is 47.6 Å². The highest BCUT2D eigenvalue weighted by Crippen LogP contribution is 2.72. The molecule has 4 fully saturated rings. The van der Waals surface area contributed by atoms with Crippen LogP contribution in [0.4, 0.5) is 0 Å². The number of hydrogen-bond acceptors (Lipinski definition) is 3. The van der Waals surface area contributed by atoms with Gasteiger partial charge in [-0.2, -0.15) is 0 Å². The quantitative estimate of drug-likeness (QED) is 0.442. The standard InChI is InChI=1S/C29H46O4/c1-16-9-13-29(25(32)33)14-10-19-18(23(29)17(16)2)7-8-22-27(19,5)12-11-21-26(3,4)24(31)20(30)15-28(21,22)6/h7,16-17,19-24,30-31H,8-15H2,1-6H3,(H,32,33)/t16-,17+,19?,20-,21?,22?,23?,24+,27?,28?,29+/m1/s1. The molecule has 4 heteroatoms. The monoisotopic (exact) mass is 458 g/mol. The van der Waals surface area contributed by atoms with Gasteiger partial charge in [0.15, 0.2) is 0 Å². The van der Waals surface area contributed by atoms with E-state index in [0.717, 1.165) is 44.9 Å². The van der Waals surface area contributed by atoms with E-state index in [0.29, 0.717) is 36.0 Å². The maximum Gasteiger partial charge on any atom is 0.310 e. The van der Waals surface area contributed by atoms with Crippen molar-refractivity contribution >= 4 is 5.97 Å². The third kappa shape index (κ3) is 2.92. The van der Waals surface area contributed by atoms with E-state index < -0.39 is 23.6 Å². The number of carbonyl (C=O) groups is 1. The summed E-state index contributed by atoms with van der Waals surface area (Å²) >= 11 is 0. The van der Waals surface area contributed by atoms with Crippen LogP contribution in [0.2, 0.25) is 0 Å². The van der Waals surface area contributed by atoms with E-state index in [4.69, 9.17) is 0 Å². The first kappa shape index (κ1) is 23.9. The van der Waals surface area contributed by atoms with Gasteiger partial charge in [-0.15, -0.1) is 0 Å². The Morgan fingerprint density at radius 3 is 2.27 bits per heavy atom. The highest BCUT2D eigenvalue weighted by atomic mass is 16.4. The Morgan fingerprint density at radius 1 is 0.939 bits per heavy atom. The van der Waals surface area contributed by atoms with E-state index >= 15 is 0 Å². The van der Waals surface area contributed by atoms with Crippen molar-refractivity contribution in [3.05, 3.63) is 11.6 Å². The van der Waals surface area contributed by atoms with E-state index in [1.54, 1.807) is 0 Å². The number of carboxylic acids is 1. The van der Waals surface area contributed by atoms with E-state index in [1.165, 1.54) is 5.57 Å². The van der Waals surface area contributed by atoms with Crippen LogP contribution in [-0.4, -0.2) is 33.5 Å². The van der Waals surface area contributed by atoms with Gasteiger partial charge in [0.2, 0.25) is 0 Å². The van der Waals surface area contributed by atoms with Crippen molar-refractivity contribution in [1.82, 2.24) is 0 Å². The fraction of sp³-hybridized carbons (Fsp3) is 0.897. The fourth-order valence-electron chi connectivity index (χ4n) is 10.7. The Morgan fingerprint density at radius 2 is 1.61 bits per heavy atom. The zero-order valence-corrected chi connectivity index (χ0v) is 21.6. The maximum absolute atomic E-state index is 12.7. The lowest BCUT2D eigenvalue weighted by atomic mass is 9.36. The molecule has 0 spiro atoms. The van der Waals surface area contributed by atoms with Crippen LogP contribution in [0.5, 0.6) is 0 Å². The number of aliphatic hydroxyl groups is 2. The summed E-state index contributed by atoms with van der Waals surface area (Å²) in [4.78, 5) is 12.7. The Kier molecular flexibility index (Phi) is 5.29. The first-order valence-electron chi connectivity index (χ1n) is 13.6. The van der Waals surface area contributed by atoms with Crippen molar-refractivity contribution < 1.29 is 20.1 Å². The third-order valence-electron chi connectivity index (χ3n) is 12.5. The number of allylic oxidation sites excluding steroid dienone is 2. The number of aliphatic carboxylic acids is 1. The molecule has 0 radical (unpaired) electrons. The first-order chi connectivity index (χ1) is 15.3. The summed E-state index contributed by atoms with van der Waals surface area (Å²) < 4.78 is 0. The summed E-state index contributed by atoms with van der Waals surface area (Å²) in [6, 6.07) is 0. The van der Waals surface area contributed by atoms with Crippen LogP contribution in [0.15, 0.2) is 11.6 Å². The lowest BCUT2D eigenvalue weighted by Gasteiger charge is -2.68. The molecule has 0 heterocycles. The lowest BCUT2D eigenvalue weighted by Crippen LogP contribution is -2.65.